The Labute approximate surface area is 112 Å². The fourth-order valence-corrected chi connectivity index (χ4v) is 1.31. The molecule has 1 aromatic rings. The third-order valence-electron chi connectivity index (χ3n) is 2.42. The van der Waals surface area contributed by atoms with Gasteiger partial charge in [0.2, 0.25) is 5.91 Å². The lowest BCUT2D eigenvalue weighted by Crippen LogP contribution is -2.38. The normalized spacial score (nSPS) is 12.0. The Morgan fingerprint density at radius 3 is 2.79 bits per heavy atom. The van der Waals surface area contributed by atoms with Gasteiger partial charge in [-0.15, -0.1) is 0 Å². The average molecular weight is 270 g/mol. The summed E-state index contributed by atoms with van der Waals surface area (Å²) in [5.74, 6) is -0.446. The zero-order chi connectivity index (χ0) is 14.3. The number of hydrogen-bond acceptors (Lipinski definition) is 4. The van der Waals surface area contributed by atoms with E-state index in [1.54, 1.807) is 26.2 Å². The molecule has 1 amide bonds. The maximum atomic E-state index is 13.2. The summed E-state index contributed by atoms with van der Waals surface area (Å²) in [4.78, 5) is 12.7. The van der Waals surface area contributed by atoms with Gasteiger partial charge in [0, 0.05) is 20.6 Å². The molecule has 1 rings (SSSR count). The molecule has 0 spiro atoms. The fraction of sp³-hybridized carbons (Fsp3) is 0.462. The van der Waals surface area contributed by atoms with Gasteiger partial charge >= 0.3 is 0 Å². The number of hydrogen-bond donors (Lipinski definition) is 2. The van der Waals surface area contributed by atoms with Gasteiger partial charge in [0.25, 0.3) is 0 Å². The number of likely N-dealkylation sites (N-methyl/N-ethyl adjacent to an activating group) is 1. The molecule has 0 heterocycles. The monoisotopic (exact) mass is 270 g/mol. The van der Waals surface area contributed by atoms with E-state index in [0.29, 0.717) is 0 Å². The van der Waals surface area contributed by atoms with Crippen molar-refractivity contribution in [3.8, 4) is 5.75 Å². The highest BCUT2D eigenvalue weighted by molar-refractivity contribution is 5.77. The Morgan fingerprint density at radius 1 is 1.47 bits per heavy atom. The first-order valence-corrected chi connectivity index (χ1v) is 5.97. The van der Waals surface area contributed by atoms with Crippen molar-refractivity contribution in [2.45, 2.75) is 6.10 Å². The van der Waals surface area contributed by atoms with Crippen molar-refractivity contribution in [1.82, 2.24) is 10.2 Å². The largest absolute Gasteiger partial charge is 0.488 e. The maximum Gasteiger partial charge on any atom is 0.236 e. The summed E-state index contributed by atoms with van der Waals surface area (Å²) >= 11 is 0. The number of halogens is 1. The highest BCUT2D eigenvalue weighted by Crippen LogP contribution is 2.15. The first-order valence-electron chi connectivity index (χ1n) is 5.97. The third-order valence-corrected chi connectivity index (χ3v) is 2.42. The Kier molecular flexibility index (Phi) is 6.24. The molecule has 6 heteroatoms. The van der Waals surface area contributed by atoms with Crippen LogP contribution in [0.1, 0.15) is 0 Å². The molecule has 0 aromatic heterocycles. The summed E-state index contributed by atoms with van der Waals surface area (Å²) in [6.07, 6.45) is -0.811. The highest BCUT2D eigenvalue weighted by Gasteiger charge is 2.09. The highest BCUT2D eigenvalue weighted by atomic mass is 19.1. The molecule has 0 radical (unpaired) electrons. The zero-order valence-electron chi connectivity index (χ0n) is 11.1. The van der Waals surface area contributed by atoms with E-state index in [-0.39, 0.29) is 31.4 Å². The minimum absolute atomic E-state index is 0.0376. The summed E-state index contributed by atoms with van der Waals surface area (Å²) in [5, 5.41) is 12.4. The summed E-state index contributed by atoms with van der Waals surface area (Å²) in [6.45, 7) is 0.307. The molecule has 0 aliphatic rings. The molecule has 0 aliphatic heterocycles. The molecule has 1 atom stereocenters. The first-order chi connectivity index (χ1) is 9.00. The molecule has 106 valence electrons. The SMILES string of the molecule is CN(C)C(=O)CNCC(O)COc1ccccc1F. The number of rotatable bonds is 7. The lowest BCUT2D eigenvalue weighted by molar-refractivity contribution is -0.127. The van der Waals surface area contributed by atoms with E-state index < -0.39 is 11.9 Å². The van der Waals surface area contributed by atoms with E-state index in [0.717, 1.165) is 0 Å². The number of nitrogens with one attached hydrogen (secondary N) is 1. The van der Waals surface area contributed by atoms with E-state index in [1.165, 1.54) is 17.0 Å². The number of aliphatic hydroxyl groups excluding tert-OH is 1. The van der Waals surface area contributed by atoms with Crippen molar-refractivity contribution in [1.29, 1.82) is 0 Å². The van der Waals surface area contributed by atoms with E-state index in [2.05, 4.69) is 5.32 Å². The van der Waals surface area contributed by atoms with Crippen LogP contribution in [0.5, 0.6) is 5.75 Å². The molecule has 2 N–H and O–H groups in total. The molecule has 0 saturated heterocycles. The number of carbonyl (C=O) groups is 1. The number of nitrogens with zero attached hydrogens (tertiary/aromatic N) is 1. The van der Waals surface area contributed by atoms with Gasteiger partial charge in [0.05, 0.1) is 6.54 Å². The lowest BCUT2D eigenvalue weighted by atomic mass is 10.3. The fourth-order valence-electron chi connectivity index (χ4n) is 1.31. The van der Waals surface area contributed by atoms with Crippen LogP contribution in [0.25, 0.3) is 0 Å². The number of amides is 1. The van der Waals surface area contributed by atoms with Crippen LogP contribution in [0, 0.1) is 5.82 Å². The minimum atomic E-state index is -0.811. The van der Waals surface area contributed by atoms with Crippen LogP contribution in [0.4, 0.5) is 4.39 Å². The van der Waals surface area contributed by atoms with Crippen molar-refractivity contribution >= 4 is 5.91 Å². The van der Waals surface area contributed by atoms with E-state index >= 15 is 0 Å². The second kappa shape index (κ2) is 7.70. The third kappa shape index (κ3) is 5.67. The van der Waals surface area contributed by atoms with Gasteiger partial charge in [-0.2, -0.15) is 0 Å². The predicted octanol–water partition coefficient (Wildman–Crippen LogP) is 0.243. The molecule has 19 heavy (non-hydrogen) atoms. The molecular weight excluding hydrogens is 251 g/mol. The van der Waals surface area contributed by atoms with Gasteiger partial charge in [0.15, 0.2) is 11.6 Å². The lowest BCUT2D eigenvalue weighted by Gasteiger charge is -2.15. The molecule has 5 nitrogen and oxygen atoms in total. The van der Waals surface area contributed by atoms with Crippen molar-refractivity contribution < 1.29 is 19.0 Å². The quantitative estimate of drug-likeness (QED) is 0.745. The Morgan fingerprint density at radius 2 is 2.16 bits per heavy atom. The molecule has 1 unspecified atom stereocenters. The number of ether oxygens (including phenoxy) is 1. The summed E-state index contributed by atoms with van der Waals surface area (Å²) < 4.78 is 18.4. The van der Waals surface area contributed by atoms with Crippen LogP contribution < -0.4 is 10.1 Å². The summed E-state index contributed by atoms with van der Waals surface area (Å²) in [5.41, 5.74) is 0. The van der Waals surface area contributed by atoms with Crippen LogP contribution in [-0.4, -0.2) is 55.8 Å². The molecule has 1 aromatic carbocycles. The van der Waals surface area contributed by atoms with Gasteiger partial charge in [-0.1, -0.05) is 12.1 Å². The summed E-state index contributed by atoms with van der Waals surface area (Å²) in [6, 6.07) is 5.99. The van der Waals surface area contributed by atoms with Crippen molar-refractivity contribution in [3.63, 3.8) is 0 Å². The molecular formula is C13H19FN2O3. The topological polar surface area (TPSA) is 61.8 Å². The van der Waals surface area contributed by atoms with Crippen molar-refractivity contribution in [3.05, 3.63) is 30.1 Å². The molecule has 0 bridgehead atoms. The van der Waals surface area contributed by atoms with Gasteiger partial charge in [-0.3, -0.25) is 4.79 Å². The van der Waals surface area contributed by atoms with Crippen LogP contribution in [0.2, 0.25) is 0 Å². The van der Waals surface area contributed by atoms with Gasteiger partial charge in [-0.05, 0) is 12.1 Å². The maximum absolute atomic E-state index is 13.2. The van der Waals surface area contributed by atoms with Crippen molar-refractivity contribution in [2.24, 2.45) is 0 Å². The Balaban J connectivity index is 2.23. The number of aliphatic hydroxyl groups is 1. The molecule has 0 aliphatic carbocycles. The molecule has 0 fully saturated rings. The van der Waals surface area contributed by atoms with Crippen LogP contribution >= 0.6 is 0 Å². The Hall–Kier alpha value is -1.66. The zero-order valence-corrected chi connectivity index (χ0v) is 11.1. The second-order valence-electron chi connectivity index (χ2n) is 4.31. The van der Waals surface area contributed by atoms with Crippen LogP contribution in [-0.2, 0) is 4.79 Å². The van der Waals surface area contributed by atoms with Gasteiger partial charge in [0.1, 0.15) is 12.7 Å². The van der Waals surface area contributed by atoms with E-state index in [4.69, 9.17) is 4.74 Å². The smallest absolute Gasteiger partial charge is 0.236 e. The summed E-state index contributed by atoms with van der Waals surface area (Å²) in [7, 11) is 3.31. The first kappa shape index (κ1) is 15.4. The van der Waals surface area contributed by atoms with Gasteiger partial charge < -0.3 is 20.1 Å². The van der Waals surface area contributed by atoms with E-state index in [9.17, 15) is 14.3 Å². The minimum Gasteiger partial charge on any atom is -0.488 e. The van der Waals surface area contributed by atoms with Gasteiger partial charge in [-0.25, -0.2) is 4.39 Å². The predicted molar refractivity (Wildman–Crippen MR) is 69.5 cm³/mol. The van der Waals surface area contributed by atoms with Crippen LogP contribution in [0.15, 0.2) is 24.3 Å². The van der Waals surface area contributed by atoms with E-state index in [1.807, 2.05) is 0 Å². The molecule has 0 saturated carbocycles. The number of para-hydroxylation sites is 1. The second-order valence-corrected chi connectivity index (χ2v) is 4.31. The van der Waals surface area contributed by atoms with Crippen molar-refractivity contribution in [2.75, 3.05) is 33.8 Å². The standard InChI is InChI=1S/C13H19FN2O3/c1-16(2)13(18)8-15-7-10(17)9-19-12-6-4-3-5-11(12)14/h3-6,10,15,17H,7-9H2,1-2H3. The Bertz CT molecular complexity index is 413. The van der Waals surface area contributed by atoms with Crippen LogP contribution in [0.3, 0.4) is 0 Å². The average Bonchev–Trinajstić information content (AvgIpc) is 2.37. The number of benzene rings is 1. The number of carbonyl (C=O) groups excluding carboxylic acids is 1.